The lowest BCUT2D eigenvalue weighted by atomic mass is 9.85. The number of rotatable bonds is 4. The molecule has 0 bridgehead atoms. The zero-order valence-electron chi connectivity index (χ0n) is 11.7. The summed E-state index contributed by atoms with van der Waals surface area (Å²) in [6.07, 6.45) is 0. The first-order valence-electron chi connectivity index (χ1n) is 6.04. The molecule has 0 saturated heterocycles. The van der Waals surface area contributed by atoms with E-state index >= 15 is 0 Å². The van der Waals surface area contributed by atoms with Gasteiger partial charge < -0.3 is 10.4 Å². The number of hydrogen-bond donors (Lipinski definition) is 2. The van der Waals surface area contributed by atoms with Crippen LogP contribution in [0.2, 0.25) is 0 Å². The molecule has 8 nitrogen and oxygen atoms in total. The molecule has 108 valence electrons. The zero-order valence-corrected chi connectivity index (χ0v) is 11.7. The van der Waals surface area contributed by atoms with Gasteiger partial charge in [-0.15, -0.1) is 0 Å². The second kappa shape index (κ2) is 4.41. The number of nitro groups is 1. The molecule has 0 unspecified atom stereocenters. The summed E-state index contributed by atoms with van der Waals surface area (Å²) in [5, 5.41) is 31.4. The molecule has 0 fully saturated rings. The fourth-order valence-electron chi connectivity index (χ4n) is 1.59. The Morgan fingerprint density at radius 1 is 1.25 bits per heavy atom. The maximum absolute atomic E-state index is 10.9. The van der Waals surface area contributed by atoms with Crippen LogP contribution in [0.4, 0.5) is 11.4 Å². The summed E-state index contributed by atoms with van der Waals surface area (Å²) < 4.78 is 4.59. The van der Waals surface area contributed by atoms with Gasteiger partial charge in [-0.05, 0) is 44.1 Å². The summed E-state index contributed by atoms with van der Waals surface area (Å²) >= 11 is 0. The Hall–Kier alpha value is -2.22. The summed E-state index contributed by atoms with van der Waals surface area (Å²) in [6, 6.07) is 2.85. The molecule has 1 aromatic heterocycles. The van der Waals surface area contributed by atoms with Crippen LogP contribution in [0.3, 0.4) is 0 Å². The van der Waals surface area contributed by atoms with Gasteiger partial charge in [-0.25, -0.2) is 4.63 Å². The van der Waals surface area contributed by atoms with Crippen LogP contribution in [-0.2, 0) is 0 Å². The van der Waals surface area contributed by atoms with Gasteiger partial charge in [0, 0.05) is 6.07 Å². The molecule has 0 saturated carbocycles. The van der Waals surface area contributed by atoms with E-state index in [0.29, 0.717) is 5.69 Å². The van der Waals surface area contributed by atoms with E-state index in [1.165, 1.54) is 12.1 Å². The molecule has 0 aliphatic heterocycles. The number of hydrogen-bond acceptors (Lipinski definition) is 7. The molecule has 20 heavy (non-hydrogen) atoms. The number of aromatic nitrogens is 2. The van der Waals surface area contributed by atoms with Gasteiger partial charge >= 0.3 is 5.69 Å². The van der Waals surface area contributed by atoms with Crippen LogP contribution >= 0.6 is 0 Å². The first-order valence-corrected chi connectivity index (χ1v) is 6.04. The highest BCUT2D eigenvalue weighted by molar-refractivity contribution is 5.93. The third kappa shape index (κ3) is 2.29. The monoisotopic (exact) mass is 280 g/mol. The highest BCUT2D eigenvalue weighted by atomic mass is 16.6. The van der Waals surface area contributed by atoms with Crippen LogP contribution in [0.1, 0.15) is 27.7 Å². The summed E-state index contributed by atoms with van der Waals surface area (Å²) in [4.78, 5) is 10.4. The van der Waals surface area contributed by atoms with Crippen LogP contribution in [0.25, 0.3) is 11.0 Å². The number of nitrogens with zero attached hydrogens (tertiary/aromatic N) is 3. The average Bonchev–Trinajstić information content (AvgIpc) is 2.76. The molecule has 1 aromatic carbocycles. The van der Waals surface area contributed by atoms with E-state index < -0.39 is 16.1 Å². The third-order valence-corrected chi connectivity index (χ3v) is 3.57. The minimum absolute atomic E-state index is 0.0755. The lowest BCUT2D eigenvalue weighted by molar-refractivity contribution is -0.383. The fourth-order valence-corrected chi connectivity index (χ4v) is 1.59. The van der Waals surface area contributed by atoms with Crippen LogP contribution in [0.15, 0.2) is 16.8 Å². The summed E-state index contributed by atoms with van der Waals surface area (Å²) in [5.41, 5.74) is -1.03. The smallest absolute Gasteiger partial charge is 0.300 e. The Kier molecular flexibility index (Phi) is 3.13. The van der Waals surface area contributed by atoms with Crippen molar-refractivity contribution >= 4 is 22.4 Å². The van der Waals surface area contributed by atoms with E-state index in [9.17, 15) is 15.2 Å². The molecular weight excluding hydrogens is 264 g/mol. The van der Waals surface area contributed by atoms with Crippen LogP contribution in [0, 0.1) is 10.1 Å². The molecule has 0 amide bonds. The normalized spacial score (nSPS) is 12.7. The van der Waals surface area contributed by atoms with Crippen LogP contribution < -0.4 is 5.32 Å². The van der Waals surface area contributed by atoms with E-state index in [1.54, 1.807) is 13.8 Å². The Balaban J connectivity index is 2.50. The van der Waals surface area contributed by atoms with E-state index in [-0.39, 0.29) is 16.7 Å². The number of nitrogens with one attached hydrogen (secondary N) is 1. The van der Waals surface area contributed by atoms with Gasteiger partial charge in [0.05, 0.1) is 21.8 Å². The van der Waals surface area contributed by atoms with Crippen molar-refractivity contribution in [3.63, 3.8) is 0 Å². The molecular formula is C12H16N4O4. The number of non-ortho nitro benzene ring substituents is 1. The minimum atomic E-state index is -1.02. The minimum Gasteiger partial charge on any atom is -0.388 e. The highest BCUT2D eigenvalue weighted by Crippen LogP contribution is 2.32. The van der Waals surface area contributed by atoms with Gasteiger partial charge in [-0.2, -0.15) is 0 Å². The van der Waals surface area contributed by atoms with Crippen LogP contribution in [0.5, 0.6) is 0 Å². The summed E-state index contributed by atoms with van der Waals surface area (Å²) in [7, 11) is 0. The van der Waals surface area contributed by atoms with Crippen molar-refractivity contribution in [2.45, 2.75) is 38.8 Å². The predicted octanol–water partition coefficient (Wildman–Crippen LogP) is 2.09. The molecule has 0 radical (unpaired) electrons. The maximum Gasteiger partial charge on any atom is 0.300 e. The van der Waals surface area contributed by atoms with Gasteiger partial charge in [0.1, 0.15) is 0 Å². The zero-order chi connectivity index (χ0) is 15.1. The Labute approximate surface area is 114 Å². The molecule has 0 atom stereocenters. The molecule has 1 heterocycles. The van der Waals surface area contributed by atoms with Gasteiger partial charge in [-0.1, -0.05) is 0 Å². The Morgan fingerprint density at radius 3 is 2.40 bits per heavy atom. The third-order valence-electron chi connectivity index (χ3n) is 3.57. The van der Waals surface area contributed by atoms with Crippen molar-refractivity contribution in [2.24, 2.45) is 0 Å². The predicted molar refractivity (Wildman–Crippen MR) is 72.5 cm³/mol. The number of benzene rings is 1. The van der Waals surface area contributed by atoms with Crippen molar-refractivity contribution in [2.75, 3.05) is 5.32 Å². The van der Waals surface area contributed by atoms with E-state index in [1.807, 2.05) is 13.8 Å². The largest absolute Gasteiger partial charge is 0.388 e. The summed E-state index contributed by atoms with van der Waals surface area (Å²) in [6.45, 7) is 6.97. The SMILES string of the molecule is CC(C)(O)C(C)(C)Nc1ccc([N+](=O)[O-])c2nonc12. The number of fused-ring (bicyclic) bond motifs is 1. The molecule has 2 aromatic rings. The molecule has 2 rings (SSSR count). The van der Waals surface area contributed by atoms with Gasteiger partial charge in [0.2, 0.25) is 5.52 Å². The topological polar surface area (TPSA) is 114 Å². The van der Waals surface area contributed by atoms with Crippen molar-refractivity contribution in [1.82, 2.24) is 10.3 Å². The first kappa shape index (κ1) is 14.2. The van der Waals surface area contributed by atoms with E-state index in [0.717, 1.165) is 0 Å². The van der Waals surface area contributed by atoms with Crippen molar-refractivity contribution in [3.05, 3.63) is 22.2 Å². The van der Waals surface area contributed by atoms with Gasteiger partial charge in [-0.3, -0.25) is 10.1 Å². The standard InChI is InChI=1S/C12H16N4O4/c1-11(2,12(3,4)17)13-7-5-6-8(16(18)19)10-9(7)14-20-15-10/h5-6,13,17H,1-4H3. The van der Waals surface area contributed by atoms with Crippen LogP contribution in [-0.4, -0.2) is 31.5 Å². The Bertz CT molecular complexity index is 657. The Morgan fingerprint density at radius 2 is 1.85 bits per heavy atom. The van der Waals surface area contributed by atoms with Crippen molar-refractivity contribution in [3.8, 4) is 0 Å². The van der Waals surface area contributed by atoms with E-state index in [4.69, 9.17) is 0 Å². The second-order valence-corrected chi connectivity index (χ2v) is 5.66. The highest BCUT2D eigenvalue weighted by Gasteiger charge is 2.36. The maximum atomic E-state index is 10.9. The van der Waals surface area contributed by atoms with Crippen molar-refractivity contribution in [1.29, 1.82) is 0 Å². The molecule has 8 heteroatoms. The fraction of sp³-hybridized carbons (Fsp3) is 0.500. The number of nitro benzene ring substituents is 1. The lowest BCUT2D eigenvalue weighted by Crippen LogP contribution is -2.51. The van der Waals surface area contributed by atoms with E-state index in [2.05, 4.69) is 20.3 Å². The lowest BCUT2D eigenvalue weighted by Gasteiger charge is -2.38. The molecule has 0 aliphatic carbocycles. The molecule has 0 aliphatic rings. The van der Waals surface area contributed by atoms with Gasteiger partial charge in [0.15, 0.2) is 5.52 Å². The molecule has 2 N–H and O–H groups in total. The number of aliphatic hydroxyl groups is 1. The molecule has 0 spiro atoms. The number of anilines is 1. The van der Waals surface area contributed by atoms with Gasteiger partial charge in [0.25, 0.3) is 0 Å². The quantitative estimate of drug-likeness (QED) is 0.650. The average molecular weight is 280 g/mol. The summed E-state index contributed by atoms with van der Waals surface area (Å²) in [5.74, 6) is 0. The van der Waals surface area contributed by atoms with Crippen molar-refractivity contribution < 1.29 is 14.7 Å². The first-order chi connectivity index (χ1) is 9.13. The second-order valence-electron chi connectivity index (χ2n) is 5.66.